The maximum Gasteiger partial charge on any atom is 0.348 e. The Morgan fingerprint density at radius 1 is 1.29 bits per heavy atom. The third-order valence-corrected chi connectivity index (χ3v) is 9.26. The van der Waals surface area contributed by atoms with Gasteiger partial charge in [-0.15, -0.1) is 11.3 Å². The van der Waals surface area contributed by atoms with Crippen LogP contribution in [0.15, 0.2) is 17.7 Å². The van der Waals surface area contributed by atoms with Crippen molar-refractivity contribution in [2.75, 3.05) is 31.3 Å². The highest BCUT2D eigenvalue weighted by Crippen LogP contribution is 2.40. The minimum Gasteiger partial charge on any atom is -0.477 e. The molecule has 0 spiro atoms. The van der Waals surface area contributed by atoms with Crippen LogP contribution >= 0.6 is 11.3 Å². The zero-order valence-corrected chi connectivity index (χ0v) is 24.5. The molecule has 7 heteroatoms. The molecule has 1 saturated carbocycles. The molecule has 3 atom stereocenters. The molecule has 0 aromatic carbocycles. The van der Waals surface area contributed by atoms with Gasteiger partial charge < -0.3 is 24.6 Å². The van der Waals surface area contributed by atoms with Crippen molar-refractivity contribution in [2.24, 2.45) is 17.3 Å². The first kappa shape index (κ1) is 29.1. The highest BCUT2D eigenvalue weighted by molar-refractivity contribution is 7.15. The summed E-state index contributed by atoms with van der Waals surface area (Å²) in [7, 11) is 0. The second kappa shape index (κ2) is 12.1. The average Bonchev–Trinajstić information content (AvgIpc) is 3.52. The van der Waals surface area contributed by atoms with Gasteiger partial charge in [-0.3, -0.25) is 0 Å². The molecule has 0 radical (unpaired) electrons. The third kappa shape index (κ3) is 7.63. The van der Waals surface area contributed by atoms with E-state index in [2.05, 4.69) is 57.4 Å². The van der Waals surface area contributed by atoms with E-state index in [9.17, 15) is 15.0 Å². The van der Waals surface area contributed by atoms with Crippen molar-refractivity contribution in [2.45, 2.75) is 97.3 Å². The van der Waals surface area contributed by atoms with Crippen molar-refractivity contribution in [3.63, 3.8) is 0 Å². The first-order chi connectivity index (χ1) is 17.9. The number of carboxylic acids is 1. The molecule has 2 fully saturated rings. The smallest absolute Gasteiger partial charge is 0.348 e. The van der Waals surface area contributed by atoms with Crippen molar-refractivity contribution in [1.29, 1.82) is 0 Å². The number of carboxylic acid groups (broad SMARTS) is 1. The van der Waals surface area contributed by atoms with E-state index >= 15 is 0 Å². The molecule has 38 heavy (non-hydrogen) atoms. The summed E-state index contributed by atoms with van der Waals surface area (Å²) in [4.78, 5) is 15.9. The molecule has 0 amide bonds. The minimum atomic E-state index is -0.897. The van der Waals surface area contributed by atoms with Crippen LogP contribution in [0.5, 0.6) is 0 Å². The lowest BCUT2D eigenvalue weighted by Crippen LogP contribution is -2.48. The number of aliphatic hydroxyl groups is 1. The van der Waals surface area contributed by atoms with Gasteiger partial charge in [-0.25, -0.2) is 4.79 Å². The van der Waals surface area contributed by atoms with Crippen LogP contribution in [-0.2, 0) is 9.47 Å². The third-order valence-electron chi connectivity index (χ3n) is 8.23. The van der Waals surface area contributed by atoms with Gasteiger partial charge in [-0.1, -0.05) is 30.4 Å². The molecule has 0 bridgehead atoms. The SMILES string of the molecule is CC1=CC[C@H](CN(c2cc(C#CC(C)(C)C)sc2C(=O)O)[C@H]2CC[C@](O)(CO[C@H]3CCOC3)CC2)[C@@H](C)C1. The topological polar surface area (TPSA) is 79.2 Å². The van der Waals surface area contributed by atoms with E-state index in [0.717, 1.165) is 55.8 Å². The van der Waals surface area contributed by atoms with E-state index in [1.807, 2.05) is 6.07 Å². The number of ether oxygens (including phenoxy) is 2. The van der Waals surface area contributed by atoms with E-state index in [1.165, 1.54) is 16.9 Å². The van der Waals surface area contributed by atoms with Crippen LogP contribution < -0.4 is 4.90 Å². The monoisotopic (exact) mass is 543 g/mol. The number of hydrogen-bond acceptors (Lipinski definition) is 6. The maximum absolute atomic E-state index is 12.4. The predicted octanol–water partition coefficient (Wildman–Crippen LogP) is 6.12. The van der Waals surface area contributed by atoms with Crippen molar-refractivity contribution < 1.29 is 24.5 Å². The fourth-order valence-electron chi connectivity index (χ4n) is 5.87. The standard InChI is InChI=1S/C31H45NO5S/c1-21-6-7-23(22(2)16-21)18-32(27-17-26(10-12-30(3,4)5)38-28(27)29(33)34)24-8-13-31(35,14-9-24)20-37-25-11-15-36-19-25/h6,17,22-25,35H,7-9,11,13-16,18-20H2,1-5H3,(H,33,34)/t22-,23+,24-,25-,31+/m0/s1. The summed E-state index contributed by atoms with van der Waals surface area (Å²) in [6.45, 7) is 13.2. The average molecular weight is 544 g/mol. The molecular formula is C31H45NO5S. The van der Waals surface area contributed by atoms with E-state index in [4.69, 9.17) is 9.47 Å². The van der Waals surface area contributed by atoms with Crippen LogP contribution in [-0.4, -0.2) is 60.3 Å². The molecule has 4 rings (SSSR count). The van der Waals surface area contributed by atoms with Gasteiger partial charge >= 0.3 is 5.97 Å². The van der Waals surface area contributed by atoms with Crippen molar-refractivity contribution in [3.05, 3.63) is 27.5 Å². The molecule has 2 N–H and O–H groups in total. The molecule has 210 valence electrons. The van der Waals surface area contributed by atoms with E-state index in [0.29, 0.717) is 42.8 Å². The molecule has 6 nitrogen and oxygen atoms in total. The number of carbonyl (C=O) groups is 1. The van der Waals surface area contributed by atoms with Gasteiger partial charge in [0.15, 0.2) is 0 Å². The number of aromatic carboxylic acids is 1. The zero-order valence-electron chi connectivity index (χ0n) is 23.7. The number of thiophene rings is 1. The molecule has 1 aliphatic heterocycles. The van der Waals surface area contributed by atoms with Crippen molar-refractivity contribution in [3.8, 4) is 11.8 Å². The van der Waals surface area contributed by atoms with Gasteiger partial charge in [-0.2, -0.15) is 0 Å². The molecule has 1 saturated heterocycles. The summed E-state index contributed by atoms with van der Waals surface area (Å²) in [5.41, 5.74) is 1.23. The largest absolute Gasteiger partial charge is 0.477 e. The van der Waals surface area contributed by atoms with Crippen LogP contribution in [0.3, 0.4) is 0 Å². The van der Waals surface area contributed by atoms with Crippen LogP contribution in [0.25, 0.3) is 0 Å². The Morgan fingerprint density at radius 3 is 2.63 bits per heavy atom. The van der Waals surface area contributed by atoms with E-state index in [-0.39, 0.29) is 17.6 Å². The van der Waals surface area contributed by atoms with Crippen LogP contribution in [0.1, 0.15) is 94.1 Å². The predicted molar refractivity (Wildman–Crippen MR) is 153 cm³/mol. The second-order valence-corrected chi connectivity index (χ2v) is 13.8. The van der Waals surface area contributed by atoms with Gasteiger partial charge in [-0.05, 0) is 90.5 Å². The lowest BCUT2D eigenvalue weighted by atomic mass is 9.79. The quantitative estimate of drug-likeness (QED) is 0.304. The summed E-state index contributed by atoms with van der Waals surface area (Å²) in [5.74, 6) is 6.59. The van der Waals surface area contributed by atoms with Gasteiger partial charge in [0.05, 0.1) is 35.5 Å². The van der Waals surface area contributed by atoms with Gasteiger partial charge in [0.25, 0.3) is 0 Å². The Balaban J connectivity index is 1.57. The molecule has 1 aromatic heterocycles. The van der Waals surface area contributed by atoms with Gasteiger partial charge in [0.1, 0.15) is 4.88 Å². The Kier molecular flexibility index (Phi) is 9.30. The van der Waals surface area contributed by atoms with Crippen molar-refractivity contribution >= 4 is 23.0 Å². The van der Waals surface area contributed by atoms with Gasteiger partial charge in [0, 0.05) is 24.6 Å². The molecule has 0 unspecified atom stereocenters. The number of hydrogen-bond donors (Lipinski definition) is 2. The number of nitrogens with zero attached hydrogens (tertiary/aromatic N) is 1. The molecule has 1 aromatic rings. The lowest BCUT2D eigenvalue weighted by Gasteiger charge is -2.44. The fourth-order valence-corrected chi connectivity index (χ4v) is 6.73. The lowest BCUT2D eigenvalue weighted by molar-refractivity contribution is -0.0927. The molecular weight excluding hydrogens is 498 g/mol. The number of allylic oxidation sites excluding steroid dienone is 2. The zero-order chi connectivity index (χ0) is 27.5. The highest BCUT2D eigenvalue weighted by Gasteiger charge is 2.39. The molecule has 2 heterocycles. The minimum absolute atomic E-state index is 0.0779. The first-order valence-corrected chi connectivity index (χ1v) is 15.0. The summed E-state index contributed by atoms with van der Waals surface area (Å²) >= 11 is 1.28. The van der Waals surface area contributed by atoms with Crippen LogP contribution in [0.2, 0.25) is 0 Å². The Labute approximate surface area is 232 Å². The number of anilines is 1. The van der Waals surface area contributed by atoms with Crippen molar-refractivity contribution in [1.82, 2.24) is 0 Å². The second-order valence-electron chi connectivity index (χ2n) is 12.8. The van der Waals surface area contributed by atoms with Gasteiger partial charge in [0.2, 0.25) is 0 Å². The first-order valence-electron chi connectivity index (χ1n) is 14.2. The van der Waals surface area contributed by atoms with Crippen LogP contribution in [0, 0.1) is 29.1 Å². The normalized spacial score (nSPS) is 29.9. The highest BCUT2D eigenvalue weighted by atomic mass is 32.1. The Hall–Kier alpha value is -1.85. The summed E-state index contributed by atoms with van der Waals surface area (Å²) in [6.07, 6.45) is 8.30. The van der Waals surface area contributed by atoms with Crippen LogP contribution in [0.4, 0.5) is 5.69 Å². The molecule has 3 aliphatic rings. The summed E-state index contributed by atoms with van der Waals surface area (Å²) in [6, 6.07) is 2.16. The number of rotatable bonds is 8. The fraction of sp³-hybridized carbons (Fsp3) is 0.710. The summed E-state index contributed by atoms with van der Waals surface area (Å²) in [5, 5.41) is 21.4. The van der Waals surface area contributed by atoms with E-state index < -0.39 is 11.6 Å². The molecule has 2 aliphatic carbocycles. The Bertz CT molecular complexity index is 1060. The Morgan fingerprint density at radius 2 is 2.03 bits per heavy atom. The van der Waals surface area contributed by atoms with E-state index in [1.54, 1.807) is 0 Å². The summed E-state index contributed by atoms with van der Waals surface area (Å²) < 4.78 is 11.4. The maximum atomic E-state index is 12.4.